The SMILES string of the molecule is COC(=O)c1ccsc1NC(=O)[C@H]1[C@@H](C(=O)O)[C@@H]2CC[C@@H]1C2=C(C)C. The molecule has 0 unspecified atom stereocenters. The number of hydrogen-bond donors (Lipinski definition) is 2. The van der Waals surface area contributed by atoms with Crippen LogP contribution in [0.3, 0.4) is 0 Å². The number of ether oxygens (including phenoxy) is 1. The Bertz CT molecular complexity index is 761. The summed E-state index contributed by atoms with van der Waals surface area (Å²) in [5.41, 5.74) is 2.53. The van der Waals surface area contributed by atoms with Crippen molar-refractivity contribution in [3.05, 3.63) is 28.2 Å². The molecule has 0 saturated heterocycles. The summed E-state index contributed by atoms with van der Waals surface area (Å²) in [6.45, 7) is 3.96. The molecule has 134 valence electrons. The van der Waals surface area contributed by atoms with Crippen molar-refractivity contribution in [1.82, 2.24) is 0 Å². The van der Waals surface area contributed by atoms with Crippen LogP contribution in [0.5, 0.6) is 0 Å². The van der Waals surface area contributed by atoms with Gasteiger partial charge >= 0.3 is 11.9 Å². The van der Waals surface area contributed by atoms with Crippen molar-refractivity contribution in [3.8, 4) is 0 Å². The molecule has 2 aliphatic rings. The molecule has 2 bridgehead atoms. The molecule has 25 heavy (non-hydrogen) atoms. The Hall–Kier alpha value is -2.15. The van der Waals surface area contributed by atoms with E-state index >= 15 is 0 Å². The van der Waals surface area contributed by atoms with E-state index in [0.29, 0.717) is 10.6 Å². The second-order valence-electron chi connectivity index (χ2n) is 6.78. The Balaban J connectivity index is 1.89. The lowest BCUT2D eigenvalue weighted by atomic mass is 9.79. The molecule has 1 aromatic rings. The fraction of sp³-hybridized carbons (Fsp3) is 0.500. The van der Waals surface area contributed by atoms with Gasteiger partial charge in [-0.3, -0.25) is 9.59 Å². The molecule has 7 heteroatoms. The lowest BCUT2D eigenvalue weighted by Gasteiger charge is -2.26. The van der Waals surface area contributed by atoms with Gasteiger partial charge in [0.25, 0.3) is 0 Å². The predicted molar refractivity (Wildman–Crippen MR) is 93.5 cm³/mol. The number of thiophene rings is 1. The second-order valence-corrected chi connectivity index (χ2v) is 7.70. The molecule has 0 aromatic carbocycles. The van der Waals surface area contributed by atoms with Crippen LogP contribution in [0.2, 0.25) is 0 Å². The second kappa shape index (κ2) is 6.63. The Morgan fingerprint density at radius 1 is 1.20 bits per heavy atom. The first-order valence-electron chi connectivity index (χ1n) is 8.23. The zero-order valence-corrected chi connectivity index (χ0v) is 15.2. The van der Waals surface area contributed by atoms with Gasteiger partial charge in [0.2, 0.25) is 5.91 Å². The van der Waals surface area contributed by atoms with Crippen molar-refractivity contribution in [1.29, 1.82) is 0 Å². The molecule has 3 rings (SSSR count). The van der Waals surface area contributed by atoms with Gasteiger partial charge in [-0.1, -0.05) is 11.1 Å². The number of carbonyl (C=O) groups is 3. The van der Waals surface area contributed by atoms with Gasteiger partial charge in [-0.05, 0) is 50.0 Å². The van der Waals surface area contributed by atoms with E-state index in [1.54, 1.807) is 11.4 Å². The largest absolute Gasteiger partial charge is 0.481 e. The number of rotatable bonds is 4. The molecule has 1 aromatic heterocycles. The smallest absolute Gasteiger partial charge is 0.340 e. The number of carbonyl (C=O) groups excluding carboxylic acids is 2. The average Bonchev–Trinajstić information content (AvgIpc) is 3.26. The first-order valence-corrected chi connectivity index (χ1v) is 9.11. The molecule has 2 aliphatic carbocycles. The Morgan fingerprint density at radius 2 is 1.84 bits per heavy atom. The third-order valence-electron chi connectivity index (χ3n) is 5.31. The summed E-state index contributed by atoms with van der Waals surface area (Å²) in [4.78, 5) is 36.5. The zero-order valence-electron chi connectivity index (χ0n) is 14.4. The van der Waals surface area contributed by atoms with E-state index in [1.807, 2.05) is 13.8 Å². The average molecular weight is 363 g/mol. The third-order valence-corrected chi connectivity index (χ3v) is 6.14. The molecular weight excluding hydrogens is 342 g/mol. The number of methoxy groups -OCH3 is 1. The van der Waals surface area contributed by atoms with Crippen molar-refractivity contribution >= 4 is 34.2 Å². The lowest BCUT2D eigenvalue weighted by molar-refractivity contribution is -0.148. The van der Waals surface area contributed by atoms with Crippen LogP contribution < -0.4 is 5.32 Å². The number of aliphatic carboxylic acids is 1. The molecule has 2 saturated carbocycles. The van der Waals surface area contributed by atoms with Crippen molar-refractivity contribution < 1.29 is 24.2 Å². The summed E-state index contributed by atoms with van der Waals surface area (Å²) in [5.74, 6) is -3.18. The van der Waals surface area contributed by atoms with E-state index in [9.17, 15) is 19.5 Å². The van der Waals surface area contributed by atoms with Gasteiger partial charge < -0.3 is 15.2 Å². The number of esters is 1. The topological polar surface area (TPSA) is 92.7 Å². The van der Waals surface area contributed by atoms with E-state index in [4.69, 9.17) is 4.74 Å². The minimum atomic E-state index is -0.925. The number of fused-ring (bicyclic) bond motifs is 2. The highest BCUT2D eigenvalue weighted by Crippen LogP contribution is 2.57. The fourth-order valence-electron chi connectivity index (χ4n) is 4.48. The van der Waals surface area contributed by atoms with Gasteiger partial charge in [0.1, 0.15) is 5.00 Å². The predicted octanol–water partition coefficient (Wildman–Crippen LogP) is 3.17. The van der Waals surface area contributed by atoms with Gasteiger partial charge in [0.05, 0.1) is 24.5 Å². The number of amides is 1. The highest BCUT2D eigenvalue weighted by molar-refractivity contribution is 7.14. The van der Waals surface area contributed by atoms with Crippen molar-refractivity contribution in [2.45, 2.75) is 26.7 Å². The minimum absolute atomic E-state index is 0.0300. The van der Waals surface area contributed by atoms with E-state index < -0.39 is 23.8 Å². The van der Waals surface area contributed by atoms with E-state index in [0.717, 1.165) is 24.0 Å². The normalized spacial score (nSPS) is 27.2. The van der Waals surface area contributed by atoms with Gasteiger partial charge in [-0.25, -0.2) is 4.79 Å². The highest BCUT2D eigenvalue weighted by Gasteiger charge is 2.57. The molecule has 1 heterocycles. The summed E-state index contributed by atoms with van der Waals surface area (Å²) < 4.78 is 4.71. The molecule has 2 N–H and O–H groups in total. The van der Waals surface area contributed by atoms with E-state index in [2.05, 4.69) is 5.32 Å². The maximum absolute atomic E-state index is 12.9. The van der Waals surface area contributed by atoms with Gasteiger partial charge in [0.15, 0.2) is 0 Å². The number of carboxylic acid groups (broad SMARTS) is 1. The van der Waals surface area contributed by atoms with Gasteiger partial charge in [0, 0.05) is 0 Å². The monoisotopic (exact) mass is 363 g/mol. The number of carboxylic acids is 1. The van der Waals surface area contributed by atoms with Crippen LogP contribution in [0.4, 0.5) is 5.00 Å². The van der Waals surface area contributed by atoms with Crippen LogP contribution in [0.15, 0.2) is 22.6 Å². The van der Waals surface area contributed by atoms with Crippen LogP contribution in [0.25, 0.3) is 0 Å². The Morgan fingerprint density at radius 3 is 2.40 bits per heavy atom. The van der Waals surface area contributed by atoms with Crippen LogP contribution in [-0.4, -0.2) is 30.1 Å². The molecule has 4 atom stereocenters. The number of nitrogens with one attached hydrogen (secondary N) is 1. The van der Waals surface area contributed by atoms with E-state index in [-0.39, 0.29) is 17.7 Å². The van der Waals surface area contributed by atoms with Crippen LogP contribution >= 0.6 is 11.3 Å². The summed E-state index contributed by atoms with van der Waals surface area (Å²) in [7, 11) is 1.28. The van der Waals surface area contributed by atoms with Gasteiger partial charge in [-0.2, -0.15) is 0 Å². The quantitative estimate of drug-likeness (QED) is 0.633. The van der Waals surface area contributed by atoms with Crippen LogP contribution in [-0.2, 0) is 14.3 Å². The number of allylic oxidation sites excluding steroid dienone is 2. The first kappa shape index (κ1) is 17.7. The Labute approximate surface area is 149 Å². The molecular formula is C18H21NO5S. The molecule has 0 aliphatic heterocycles. The fourth-order valence-corrected chi connectivity index (χ4v) is 5.25. The minimum Gasteiger partial charge on any atom is -0.481 e. The number of anilines is 1. The molecule has 2 fully saturated rings. The van der Waals surface area contributed by atoms with Crippen LogP contribution in [0.1, 0.15) is 37.0 Å². The standard InChI is InChI=1S/C18H21NO5S/c1-8(2)12-9-4-5-10(12)14(17(21)22)13(9)15(20)19-16-11(6-7-25-16)18(23)24-3/h6-7,9-10,13-14H,4-5H2,1-3H3,(H,19,20)(H,21,22)/t9-,10-,13-,14+/m1/s1. The van der Waals surface area contributed by atoms with Crippen molar-refractivity contribution in [2.75, 3.05) is 12.4 Å². The van der Waals surface area contributed by atoms with Crippen molar-refractivity contribution in [3.63, 3.8) is 0 Å². The Kier molecular flexibility index (Phi) is 4.69. The molecule has 1 amide bonds. The summed E-state index contributed by atoms with van der Waals surface area (Å²) >= 11 is 1.22. The van der Waals surface area contributed by atoms with Crippen molar-refractivity contribution in [2.24, 2.45) is 23.7 Å². The summed E-state index contributed by atoms with van der Waals surface area (Å²) in [6.07, 6.45) is 1.65. The third kappa shape index (κ3) is 2.86. The van der Waals surface area contributed by atoms with E-state index in [1.165, 1.54) is 18.4 Å². The summed E-state index contributed by atoms with van der Waals surface area (Å²) in [6, 6.07) is 1.59. The highest BCUT2D eigenvalue weighted by atomic mass is 32.1. The lowest BCUT2D eigenvalue weighted by Crippen LogP contribution is -2.37. The van der Waals surface area contributed by atoms with Gasteiger partial charge in [-0.15, -0.1) is 11.3 Å². The summed E-state index contributed by atoms with van der Waals surface area (Å²) in [5, 5.41) is 14.6. The maximum Gasteiger partial charge on any atom is 0.340 e. The first-order chi connectivity index (χ1) is 11.9. The molecule has 6 nitrogen and oxygen atoms in total. The van der Waals surface area contributed by atoms with Crippen LogP contribution in [0, 0.1) is 23.7 Å². The maximum atomic E-state index is 12.9. The molecule has 0 spiro atoms. The molecule has 0 radical (unpaired) electrons. The number of hydrogen-bond acceptors (Lipinski definition) is 5. The zero-order chi connectivity index (χ0) is 18.3.